The predicted molar refractivity (Wildman–Crippen MR) is 92.3 cm³/mol. The highest BCUT2D eigenvalue weighted by Crippen LogP contribution is 2.32. The number of alkyl halides is 3. The van der Waals surface area contributed by atoms with Crippen molar-refractivity contribution in [1.29, 1.82) is 0 Å². The Morgan fingerprint density at radius 1 is 1.04 bits per heavy atom. The van der Waals surface area contributed by atoms with Crippen molar-refractivity contribution in [1.82, 2.24) is 15.3 Å². The Hall–Kier alpha value is -1.96. The van der Waals surface area contributed by atoms with E-state index in [1.54, 1.807) is 24.5 Å². The van der Waals surface area contributed by atoms with Gasteiger partial charge in [-0.1, -0.05) is 29.8 Å². The molecule has 0 radical (unpaired) electrons. The molecule has 0 saturated heterocycles. The van der Waals surface area contributed by atoms with Gasteiger partial charge in [0, 0.05) is 31.0 Å². The average molecular weight is 384 g/mol. The van der Waals surface area contributed by atoms with E-state index in [-0.39, 0.29) is 12.1 Å². The number of nitrogens with zero attached hydrogens (tertiary/aromatic N) is 2. The Morgan fingerprint density at radius 3 is 2.60 bits per heavy atom. The van der Waals surface area contributed by atoms with E-state index in [2.05, 4.69) is 15.3 Å². The molecule has 0 saturated carbocycles. The molecule has 0 aliphatic heterocycles. The zero-order valence-corrected chi connectivity index (χ0v) is 14.4. The van der Waals surface area contributed by atoms with Crippen molar-refractivity contribution in [2.75, 3.05) is 0 Å². The number of halogens is 4. The molecular formula is C17H13ClF3N3S. The lowest BCUT2D eigenvalue weighted by molar-refractivity contribution is -0.138. The van der Waals surface area contributed by atoms with Crippen LogP contribution in [0.15, 0.2) is 48.8 Å². The van der Waals surface area contributed by atoms with Gasteiger partial charge in [0.1, 0.15) is 10.2 Å². The second kappa shape index (κ2) is 7.51. The van der Waals surface area contributed by atoms with E-state index in [1.807, 2.05) is 6.07 Å². The van der Waals surface area contributed by atoms with Crippen molar-refractivity contribution in [2.24, 2.45) is 0 Å². The molecule has 8 heteroatoms. The molecule has 0 aliphatic carbocycles. The SMILES string of the molecule is FC(F)(F)c1ccccc1CNCc1ncc(-c2cccnc2Cl)s1. The predicted octanol–water partition coefficient (Wildman–Crippen LogP) is 5.17. The molecular weight excluding hydrogens is 371 g/mol. The molecule has 1 N–H and O–H groups in total. The molecule has 2 heterocycles. The van der Waals surface area contributed by atoms with Crippen LogP contribution in [0.4, 0.5) is 13.2 Å². The van der Waals surface area contributed by atoms with Crippen molar-refractivity contribution in [3.8, 4) is 10.4 Å². The Bertz CT molecular complexity index is 864. The van der Waals surface area contributed by atoms with Gasteiger partial charge < -0.3 is 5.32 Å². The first-order valence-electron chi connectivity index (χ1n) is 7.36. The Kier molecular flexibility index (Phi) is 5.36. The summed E-state index contributed by atoms with van der Waals surface area (Å²) < 4.78 is 38.9. The maximum atomic E-state index is 13.0. The summed E-state index contributed by atoms with van der Waals surface area (Å²) in [4.78, 5) is 9.17. The molecule has 0 atom stereocenters. The van der Waals surface area contributed by atoms with Crippen LogP contribution in [0.1, 0.15) is 16.1 Å². The lowest BCUT2D eigenvalue weighted by Crippen LogP contribution is -2.17. The maximum Gasteiger partial charge on any atom is 0.416 e. The van der Waals surface area contributed by atoms with Gasteiger partial charge in [0.2, 0.25) is 0 Å². The van der Waals surface area contributed by atoms with Crippen LogP contribution in [0, 0.1) is 0 Å². The average Bonchev–Trinajstić information content (AvgIpc) is 3.03. The highest BCUT2D eigenvalue weighted by atomic mass is 35.5. The standard InChI is InChI=1S/C17H13ClF3N3S/c18-16-12(5-3-7-23-16)14-9-24-15(25-14)10-22-8-11-4-1-2-6-13(11)17(19,20)21/h1-7,9,22H,8,10H2. The van der Waals surface area contributed by atoms with E-state index >= 15 is 0 Å². The molecule has 0 amide bonds. The number of nitrogens with one attached hydrogen (secondary N) is 1. The number of hydrogen-bond acceptors (Lipinski definition) is 4. The van der Waals surface area contributed by atoms with Crippen molar-refractivity contribution >= 4 is 22.9 Å². The Labute approximate surface area is 151 Å². The van der Waals surface area contributed by atoms with Crippen LogP contribution < -0.4 is 5.32 Å². The van der Waals surface area contributed by atoms with Crippen molar-refractivity contribution in [2.45, 2.75) is 19.3 Å². The third kappa shape index (κ3) is 4.36. The molecule has 3 rings (SSSR count). The molecule has 1 aromatic carbocycles. The number of aromatic nitrogens is 2. The summed E-state index contributed by atoms with van der Waals surface area (Å²) in [5.74, 6) is 0. The molecule has 0 unspecified atom stereocenters. The van der Waals surface area contributed by atoms with Gasteiger partial charge in [0.15, 0.2) is 0 Å². The molecule has 3 nitrogen and oxygen atoms in total. The van der Waals surface area contributed by atoms with Crippen LogP contribution >= 0.6 is 22.9 Å². The fraction of sp³-hybridized carbons (Fsp3) is 0.176. The molecule has 2 aromatic heterocycles. The van der Waals surface area contributed by atoms with Crippen molar-refractivity contribution in [3.05, 3.63) is 70.1 Å². The monoisotopic (exact) mass is 383 g/mol. The minimum absolute atomic E-state index is 0.109. The van der Waals surface area contributed by atoms with Gasteiger partial charge in [-0.25, -0.2) is 9.97 Å². The van der Waals surface area contributed by atoms with Crippen LogP contribution in [0.25, 0.3) is 10.4 Å². The van der Waals surface area contributed by atoms with Crippen LogP contribution in [0.3, 0.4) is 0 Å². The molecule has 0 bridgehead atoms. The van der Waals surface area contributed by atoms with Crippen LogP contribution in [-0.2, 0) is 19.3 Å². The van der Waals surface area contributed by atoms with Crippen LogP contribution in [-0.4, -0.2) is 9.97 Å². The second-order valence-corrected chi connectivity index (χ2v) is 6.69. The maximum absolute atomic E-state index is 13.0. The third-order valence-corrected chi connectivity index (χ3v) is 4.82. The molecule has 130 valence electrons. The van der Waals surface area contributed by atoms with Gasteiger partial charge in [-0.15, -0.1) is 11.3 Å². The van der Waals surface area contributed by atoms with Gasteiger partial charge in [-0.2, -0.15) is 13.2 Å². The summed E-state index contributed by atoms with van der Waals surface area (Å²) in [6, 6.07) is 9.17. The quantitative estimate of drug-likeness (QED) is 0.618. The number of rotatable bonds is 5. The van der Waals surface area contributed by atoms with E-state index in [9.17, 15) is 13.2 Å². The minimum Gasteiger partial charge on any atom is -0.306 e. The summed E-state index contributed by atoms with van der Waals surface area (Å²) >= 11 is 7.48. The summed E-state index contributed by atoms with van der Waals surface area (Å²) in [7, 11) is 0. The van der Waals surface area contributed by atoms with E-state index < -0.39 is 11.7 Å². The smallest absolute Gasteiger partial charge is 0.306 e. The van der Waals surface area contributed by atoms with Crippen LogP contribution in [0.5, 0.6) is 0 Å². The summed E-state index contributed by atoms with van der Waals surface area (Å²) in [6.07, 6.45) is -1.06. The molecule has 25 heavy (non-hydrogen) atoms. The van der Waals surface area contributed by atoms with Crippen molar-refractivity contribution in [3.63, 3.8) is 0 Å². The highest BCUT2D eigenvalue weighted by Gasteiger charge is 2.32. The first-order valence-corrected chi connectivity index (χ1v) is 8.56. The minimum atomic E-state index is -4.36. The van der Waals surface area contributed by atoms with E-state index in [1.165, 1.54) is 23.5 Å². The lowest BCUT2D eigenvalue weighted by Gasteiger charge is -2.12. The zero-order chi connectivity index (χ0) is 17.9. The topological polar surface area (TPSA) is 37.8 Å². The van der Waals surface area contributed by atoms with E-state index in [0.717, 1.165) is 21.5 Å². The first-order chi connectivity index (χ1) is 11.9. The second-order valence-electron chi connectivity index (χ2n) is 5.22. The molecule has 0 fully saturated rings. The lowest BCUT2D eigenvalue weighted by atomic mass is 10.1. The Morgan fingerprint density at radius 2 is 1.84 bits per heavy atom. The fourth-order valence-electron chi connectivity index (χ4n) is 2.34. The number of thiazole rings is 1. The fourth-order valence-corrected chi connectivity index (χ4v) is 3.53. The molecule has 0 aliphatic rings. The molecule has 3 aromatic rings. The van der Waals surface area contributed by atoms with Crippen molar-refractivity contribution < 1.29 is 13.2 Å². The van der Waals surface area contributed by atoms with E-state index in [4.69, 9.17) is 11.6 Å². The number of pyridine rings is 1. The first kappa shape index (κ1) is 17.8. The van der Waals surface area contributed by atoms with Gasteiger partial charge in [0.05, 0.1) is 10.4 Å². The van der Waals surface area contributed by atoms with E-state index in [0.29, 0.717) is 11.7 Å². The summed E-state index contributed by atoms with van der Waals surface area (Å²) in [5, 5.41) is 4.17. The Balaban J connectivity index is 1.66. The number of benzene rings is 1. The summed E-state index contributed by atoms with van der Waals surface area (Å²) in [5.41, 5.74) is 0.377. The zero-order valence-electron chi connectivity index (χ0n) is 12.8. The normalized spacial score (nSPS) is 11.7. The van der Waals surface area contributed by atoms with Gasteiger partial charge in [0.25, 0.3) is 0 Å². The van der Waals surface area contributed by atoms with Crippen LogP contribution in [0.2, 0.25) is 5.15 Å². The number of hydrogen-bond donors (Lipinski definition) is 1. The molecule has 0 spiro atoms. The summed E-state index contributed by atoms with van der Waals surface area (Å²) in [6.45, 7) is 0.479. The van der Waals surface area contributed by atoms with Gasteiger partial charge in [-0.3, -0.25) is 0 Å². The largest absolute Gasteiger partial charge is 0.416 e. The highest BCUT2D eigenvalue weighted by molar-refractivity contribution is 7.15. The third-order valence-electron chi connectivity index (χ3n) is 3.49. The van der Waals surface area contributed by atoms with Gasteiger partial charge in [-0.05, 0) is 23.8 Å². The van der Waals surface area contributed by atoms with Gasteiger partial charge >= 0.3 is 6.18 Å².